The molecule has 0 bridgehead atoms. The van der Waals surface area contributed by atoms with Crippen LogP contribution in [0.1, 0.15) is 5.56 Å². The molecule has 5 nitrogen and oxygen atoms in total. The molecule has 1 heterocycles. The number of halogens is 2. The second kappa shape index (κ2) is 6.56. The third kappa shape index (κ3) is 4.24. The molecule has 1 aromatic heterocycles. The topological polar surface area (TPSA) is 67.0 Å². The zero-order valence-electron chi connectivity index (χ0n) is 9.82. The number of hydrogen-bond donors (Lipinski definition) is 2. The van der Waals surface area contributed by atoms with Crippen molar-refractivity contribution < 1.29 is 9.53 Å². The van der Waals surface area contributed by atoms with Crippen LogP contribution in [0.5, 0.6) is 0 Å². The molecule has 0 aliphatic heterocycles. The third-order valence-corrected chi connectivity index (χ3v) is 2.87. The minimum absolute atomic E-state index is 0.0715. The number of aromatic nitrogens is 2. The Hall–Kier alpha value is -1.56. The van der Waals surface area contributed by atoms with Gasteiger partial charge in [-0.1, -0.05) is 29.3 Å². The summed E-state index contributed by atoms with van der Waals surface area (Å²) in [5, 5.41) is 10.0. The van der Waals surface area contributed by atoms with Crippen molar-refractivity contribution in [3.05, 3.63) is 46.1 Å². The fourth-order valence-corrected chi connectivity index (χ4v) is 1.87. The number of nitrogens with one attached hydrogen (secondary N) is 2. The van der Waals surface area contributed by atoms with E-state index in [1.807, 2.05) is 0 Å². The molecule has 0 radical (unpaired) electrons. The summed E-state index contributed by atoms with van der Waals surface area (Å²) in [6, 6.07) is 6.76. The Kier molecular flexibility index (Phi) is 4.79. The van der Waals surface area contributed by atoms with Crippen LogP contribution in [0.15, 0.2) is 30.5 Å². The number of ether oxygens (including phenoxy) is 1. The molecule has 2 aromatic rings. The van der Waals surface area contributed by atoms with E-state index in [0.29, 0.717) is 15.9 Å². The minimum Gasteiger partial charge on any atom is -0.367 e. The summed E-state index contributed by atoms with van der Waals surface area (Å²) in [5.41, 5.74) is 0.778. The normalized spacial score (nSPS) is 10.4. The maximum absolute atomic E-state index is 11.5. The average molecular weight is 300 g/mol. The molecule has 2 rings (SSSR count). The van der Waals surface area contributed by atoms with E-state index in [2.05, 4.69) is 15.5 Å². The average Bonchev–Trinajstić information content (AvgIpc) is 2.84. The summed E-state index contributed by atoms with van der Waals surface area (Å²) in [4.78, 5) is 11.5. The Balaban J connectivity index is 1.78. The van der Waals surface area contributed by atoms with Gasteiger partial charge in [-0.3, -0.25) is 9.89 Å². The molecular weight excluding hydrogens is 289 g/mol. The smallest absolute Gasteiger partial charge is 0.251 e. The lowest BCUT2D eigenvalue weighted by Crippen LogP contribution is -2.18. The highest BCUT2D eigenvalue weighted by molar-refractivity contribution is 6.35. The van der Waals surface area contributed by atoms with Gasteiger partial charge in [-0.15, -0.1) is 0 Å². The first-order valence-electron chi connectivity index (χ1n) is 5.46. The molecule has 7 heteroatoms. The van der Waals surface area contributed by atoms with Crippen LogP contribution >= 0.6 is 23.2 Å². The standard InChI is InChI=1S/C12H11Cl2N3O2/c13-9-2-1-8(10(14)5-9)6-19-7-12(18)16-11-3-4-15-17-11/h1-5H,6-7H2,(H2,15,16,17,18). The molecule has 100 valence electrons. The quantitative estimate of drug-likeness (QED) is 0.892. The van der Waals surface area contributed by atoms with E-state index in [1.165, 1.54) is 0 Å². The Bertz CT molecular complexity index is 558. The number of rotatable bonds is 5. The molecule has 0 aliphatic rings. The van der Waals surface area contributed by atoms with Crippen LogP contribution in [0.2, 0.25) is 10.0 Å². The predicted molar refractivity (Wildman–Crippen MR) is 73.3 cm³/mol. The van der Waals surface area contributed by atoms with Crippen molar-refractivity contribution in [1.82, 2.24) is 10.2 Å². The highest BCUT2D eigenvalue weighted by atomic mass is 35.5. The molecule has 0 aliphatic carbocycles. The van der Waals surface area contributed by atoms with Crippen LogP contribution < -0.4 is 5.32 Å². The lowest BCUT2D eigenvalue weighted by Gasteiger charge is -2.06. The summed E-state index contributed by atoms with van der Waals surface area (Å²) in [5.74, 6) is 0.257. The van der Waals surface area contributed by atoms with Crippen LogP contribution in [0, 0.1) is 0 Å². The first kappa shape index (κ1) is 13.9. The largest absolute Gasteiger partial charge is 0.367 e. The number of nitrogens with zero attached hydrogens (tertiary/aromatic N) is 1. The summed E-state index contributed by atoms with van der Waals surface area (Å²) in [6.45, 7) is 0.171. The van der Waals surface area contributed by atoms with Gasteiger partial charge in [-0.05, 0) is 17.7 Å². The Labute approximate surface area is 119 Å². The SMILES string of the molecule is O=C(COCc1ccc(Cl)cc1Cl)Nc1ccn[nH]1. The number of benzene rings is 1. The summed E-state index contributed by atoms with van der Waals surface area (Å²) < 4.78 is 5.28. The van der Waals surface area contributed by atoms with Gasteiger partial charge < -0.3 is 10.1 Å². The number of aromatic amines is 1. The van der Waals surface area contributed by atoms with Gasteiger partial charge in [-0.25, -0.2) is 0 Å². The van der Waals surface area contributed by atoms with Gasteiger partial charge in [0.15, 0.2) is 0 Å². The zero-order valence-corrected chi connectivity index (χ0v) is 11.3. The second-order valence-corrected chi connectivity index (χ2v) is 4.59. The van der Waals surface area contributed by atoms with Crippen LogP contribution in [0.3, 0.4) is 0 Å². The Morgan fingerprint density at radius 2 is 2.21 bits per heavy atom. The molecule has 0 saturated carbocycles. The molecule has 0 spiro atoms. The van der Waals surface area contributed by atoms with Crippen molar-refractivity contribution in [2.24, 2.45) is 0 Å². The van der Waals surface area contributed by atoms with E-state index in [0.717, 1.165) is 5.56 Å². The minimum atomic E-state index is -0.269. The molecular formula is C12H11Cl2N3O2. The van der Waals surface area contributed by atoms with Crippen molar-refractivity contribution in [2.75, 3.05) is 11.9 Å². The van der Waals surface area contributed by atoms with Crippen LogP contribution in [-0.2, 0) is 16.1 Å². The first-order valence-corrected chi connectivity index (χ1v) is 6.21. The van der Waals surface area contributed by atoms with Gasteiger partial charge in [0.05, 0.1) is 12.8 Å². The van der Waals surface area contributed by atoms with Gasteiger partial charge in [-0.2, -0.15) is 5.10 Å². The lowest BCUT2D eigenvalue weighted by molar-refractivity contribution is -0.121. The number of amides is 1. The maximum atomic E-state index is 11.5. The van der Waals surface area contributed by atoms with E-state index in [4.69, 9.17) is 27.9 Å². The molecule has 19 heavy (non-hydrogen) atoms. The van der Waals surface area contributed by atoms with Crippen LogP contribution in [0.4, 0.5) is 5.82 Å². The Morgan fingerprint density at radius 1 is 1.37 bits per heavy atom. The summed E-state index contributed by atoms with van der Waals surface area (Å²) in [6.07, 6.45) is 1.55. The van der Waals surface area contributed by atoms with E-state index in [-0.39, 0.29) is 19.1 Å². The maximum Gasteiger partial charge on any atom is 0.251 e. The van der Waals surface area contributed by atoms with Gasteiger partial charge >= 0.3 is 0 Å². The van der Waals surface area contributed by atoms with Crippen molar-refractivity contribution in [1.29, 1.82) is 0 Å². The van der Waals surface area contributed by atoms with Crippen LogP contribution in [0.25, 0.3) is 0 Å². The van der Waals surface area contributed by atoms with Crippen LogP contribution in [-0.4, -0.2) is 22.7 Å². The van der Waals surface area contributed by atoms with Gasteiger partial charge in [0.1, 0.15) is 12.4 Å². The van der Waals surface area contributed by atoms with Crippen molar-refractivity contribution >= 4 is 34.9 Å². The van der Waals surface area contributed by atoms with Gasteiger partial charge in [0, 0.05) is 16.1 Å². The number of carbonyl (C=O) groups is 1. The monoisotopic (exact) mass is 299 g/mol. The fourth-order valence-electron chi connectivity index (χ4n) is 1.40. The Morgan fingerprint density at radius 3 is 2.89 bits per heavy atom. The molecule has 0 fully saturated rings. The molecule has 0 saturated heterocycles. The number of H-pyrrole nitrogens is 1. The third-order valence-electron chi connectivity index (χ3n) is 2.28. The summed E-state index contributed by atoms with van der Waals surface area (Å²) in [7, 11) is 0. The predicted octanol–water partition coefficient (Wildman–Crippen LogP) is 2.87. The highest BCUT2D eigenvalue weighted by Crippen LogP contribution is 2.21. The van der Waals surface area contributed by atoms with Crippen molar-refractivity contribution in [3.63, 3.8) is 0 Å². The lowest BCUT2D eigenvalue weighted by atomic mass is 10.2. The summed E-state index contributed by atoms with van der Waals surface area (Å²) >= 11 is 11.8. The van der Waals surface area contributed by atoms with Crippen molar-refractivity contribution in [3.8, 4) is 0 Å². The van der Waals surface area contributed by atoms with E-state index < -0.39 is 0 Å². The van der Waals surface area contributed by atoms with Crippen molar-refractivity contribution in [2.45, 2.75) is 6.61 Å². The van der Waals surface area contributed by atoms with E-state index in [9.17, 15) is 4.79 Å². The highest BCUT2D eigenvalue weighted by Gasteiger charge is 2.05. The van der Waals surface area contributed by atoms with Gasteiger partial charge in [0.25, 0.3) is 5.91 Å². The molecule has 0 unspecified atom stereocenters. The zero-order chi connectivity index (χ0) is 13.7. The molecule has 0 atom stereocenters. The number of carbonyl (C=O) groups excluding carboxylic acids is 1. The fraction of sp³-hybridized carbons (Fsp3) is 0.167. The number of anilines is 1. The van der Waals surface area contributed by atoms with E-state index >= 15 is 0 Å². The molecule has 1 amide bonds. The van der Waals surface area contributed by atoms with Gasteiger partial charge in [0.2, 0.25) is 0 Å². The van der Waals surface area contributed by atoms with E-state index in [1.54, 1.807) is 30.5 Å². The molecule has 2 N–H and O–H groups in total. The molecule has 1 aromatic carbocycles. The first-order chi connectivity index (χ1) is 9.15. The second-order valence-electron chi connectivity index (χ2n) is 3.75. The number of hydrogen-bond acceptors (Lipinski definition) is 3.